The zero-order valence-electron chi connectivity index (χ0n) is 15.7. The van der Waals surface area contributed by atoms with Crippen molar-refractivity contribution in [3.8, 4) is 11.3 Å². The molecule has 0 atom stereocenters. The molecule has 1 N–H and O–H groups in total. The Morgan fingerprint density at radius 3 is 2.63 bits per heavy atom. The van der Waals surface area contributed by atoms with Crippen LogP contribution in [0.1, 0.15) is 35.7 Å². The molecule has 0 spiro atoms. The lowest BCUT2D eigenvalue weighted by Crippen LogP contribution is -2.58. The Morgan fingerprint density at radius 1 is 1.22 bits per heavy atom. The first kappa shape index (κ1) is 19.0. The molecule has 2 aromatic rings. The largest absolute Gasteiger partial charge is 0.464 e. The van der Waals surface area contributed by atoms with Crippen LogP contribution < -0.4 is 5.32 Å². The van der Waals surface area contributed by atoms with Crippen molar-refractivity contribution in [2.75, 3.05) is 19.8 Å². The smallest absolute Gasteiger partial charge is 0.332 e. The molecule has 1 aromatic carbocycles. The number of amides is 1. The highest BCUT2D eigenvalue weighted by Crippen LogP contribution is 2.24. The van der Waals surface area contributed by atoms with Gasteiger partial charge in [-0.1, -0.05) is 23.8 Å². The number of aryl methyl sites for hydroxylation is 1. The van der Waals surface area contributed by atoms with E-state index in [0.717, 1.165) is 16.8 Å². The van der Waals surface area contributed by atoms with E-state index in [-0.39, 0.29) is 12.5 Å². The van der Waals surface area contributed by atoms with Crippen LogP contribution in [0.5, 0.6) is 0 Å². The number of carbonyl (C=O) groups is 2. The number of pyridine rings is 1. The fourth-order valence-electron chi connectivity index (χ4n) is 3.16. The van der Waals surface area contributed by atoms with Crippen LogP contribution in [-0.4, -0.2) is 42.2 Å². The van der Waals surface area contributed by atoms with Crippen LogP contribution >= 0.6 is 0 Å². The molecule has 1 fully saturated rings. The van der Waals surface area contributed by atoms with Crippen molar-refractivity contribution < 1.29 is 19.1 Å². The molecule has 0 aliphatic carbocycles. The molecule has 1 amide bonds. The minimum Gasteiger partial charge on any atom is -0.464 e. The quantitative estimate of drug-likeness (QED) is 0.821. The molecule has 1 aromatic heterocycles. The number of benzene rings is 1. The van der Waals surface area contributed by atoms with E-state index in [1.54, 1.807) is 13.0 Å². The van der Waals surface area contributed by atoms with E-state index in [1.807, 2.05) is 37.3 Å². The van der Waals surface area contributed by atoms with Crippen molar-refractivity contribution in [1.82, 2.24) is 10.3 Å². The highest BCUT2D eigenvalue weighted by Gasteiger charge is 2.43. The third-order valence-corrected chi connectivity index (χ3v) is 4.70. The number of ether oxygens (including phenoxy) is 2. The van der Waals surface area contributed by atoms with E-state index < -0.39 is 11.5 Å². The molecule has 0 radical (unpaired) electrons. The first-order valence-electron chi connectivity index (χ1n) is 9.15. The van der Waals surface area contributed by atoms with Gasteiger partial charge in [0, 0.05) is 37.8 Å². The average Bonchev–Trinajstić information content (AvgIpc) is 2.69. The molecular formula is C21H24N2O4. The third-order valence-electron chi connectivity index (χ3n) is 4.70. The number of aromatic nitrogens is 1. The van der Waals surface area contributed by atoms with Gasteiger partial charge >= 0.3 is 5.97 Å². The van der Waals surface area contributed by atoms with Gasteiger partial charge in [0.05, 0.1) is 17.9 Å². The summed E-state index contributed by atoms with van der Waals surface area (Å²) in [7, 11) is 0. The molecule has 1 aliphatic heterocycles. The average molecular weight is 368 g/mol. The lowest BCUT2D eigenvalue weighted by molar-refractivity contribution is -0.154. The zero-order chi connectivity index (χ0) is 19.3. The van der Waals surface area contributed by atoms with E-state index in [4.69, 9.17) is 9.47 Å². The van der Waals surface area contributed by atoms with Crippen LogP contribution in [-0.2, 0) is 14.3 Å². The number of hydrogen-bond donors (Lipinski definition) is 1. The van der Waals surface area contributed by atoms with Crippen LogP contribution in [0.2, 0.25) is 0 Å². The second-order valence-electron chi connectivity index (χ2n) is 6.67. The number of carbonyl (C=O) groups excluding carboxylic acids is 2. The van der Waals surface area contributed by atoms with Crippen LogP contribution in [0, 0.1) is 6.92 Å². The second kappa shape index (κ2) is 8.31. The number of rotatable bonds is 5. The standard InChI is InChI=1S/C21H24N2O4/c1-3-27-20(25)21(9-11-26-12-10-21)23-19(24)17-7-8-18(22-14-17)16-6-4-5-15(2)13-16/h4-8,13-14H,3,9-12H2,1-2H3,(H,23,24). The van der Waals surface area contributed by atoms with E-state index in [1.165, 1.54) is 6.20 Å². The first-order valence-corrected chi connectivity index (χ1v) is 9.15. The Bertz CT molecular complexity index is 811. The van der Waals surface area contributed by atoms with Crippen LogP contribution in [0.25, 0.3) is 11.3 Å². The molecule has 6 nitrogen and oxygen atoms in total. The normalized spacial score (nSPS) is 15.8. The van der Waals surface area contributed by atoms with Crippen molar-refractivity contribution in [1.29, 1.82) is 0 Å². The molecule has 2 heterocycles. The van der Waals surface area contributed by atoms with E-state index in [2.05, 4.69) is 10.3 Å². The van der Waals surface area contributed by atoms with Gasteiger partial charge in [0.15, 0.2) is 0 Å². The molecule has 3 rings (SSSR count). The fourth-order valence-corrected chi connectivity index (χ4v) is 3.16. The van der Waals surface area contributed by atoms with Crippen molar-refractivity contribution in [3.63, 3.8) is 0 Å². The van der Waals surface area contributed by atoms with Crippen molar-refractivity contribution in [3.05, 3.63) is 53.7 Å². The van der Waals surface area contributed by atoms with Crippen LogP contribution in [0.15, 0.2) is 42.6 Å². The van der Waals surface area contributed by atoms with Gasteiger partial charge in [0.2, 0.25) is 0 Å². The summed E-state index contributed by atoms with van der Waals surface area (Å²) in [6.07, 6.45) is 2.32. The van der Waals surface area contributed by atoms with Gasteiger partial charge in [-0.3, -0.25) is 9.78 Å². The Morgan fingerprint density at radius 2 is 2.00 bits per heavy atom. The van der Waals surface area contributed by atoms with E-state index in [0.29, 0.717) is 31.6 Å². The maximum Gasteiger partial charge on any atom is 0.332 e. The Labute approximate surface area is 158 Å². The van der Waals surface area contributed by atoms with Gasteiger partial charge in [0.1, 0.15) is 5.54 Å². The van der Waals surface area contributed by atoms with Crippen molar-refractivity contribution in [2.45, 2.75) is 32.2 Å². The monoisotopic (exact) mass is 368 g/mol. The molecule has 0 bridgehead atoms. The molecular weight excluding hydrogens is 344 g/mol. The lowest BCUT2D eigenvalue weighted by Gasteiger charge is -2.35. The lowest BCUT2D eigenvalue weighted by atomic mass is 9.89. The molecule has 0 unspecified atom stereocenters. The molecule has 1 aliphatic rings. The summed E-state index contributed by atoms with van der Waals surface area (Å²) in [4.78, 5) is 29.6. The highest BCUT2D eigenvalue weighted by atomic mass is 16.5. The Hall–Kier alpha value is -2.73. The summed E-state index contributed by atoms with van der Waals surface area (Å²) in [5.41, 5.74) is 2.30. The summed E-state index contributed by atoms with van der Waals surface area (Å²) >= 11 is 0. The topological polar surface area (TPSA) is 77.5 Å². The minimum atomic E-state index is -1.04. The SMILES string of the molecule is CCOC(=O)C1(NC(=O)c2ccc(-c3cccc(C)c3)nc2)CCOCC1. The fraction of sp³-hybridized carbons (Fsp3) is 0.381. The van der Waals surface area contributed by atoms with Gasteiger partial charge in [-0.2, -0.15) is 0 Å². The third kappa shape index (κ3) is 4.34. The maximum atomic E-state index is 12.7. The summed E-state index contributed by atoms with van der Waals surface area (Å²) in [5.74, 6) is -0.751. The number of nitrogens with zero attached hydrogens (tertiary/aromatic N) is 1. The molecule has 142 valence electrons. The predicted molar refractivity (Wildman–Crippen MR) is 101 cm³/mol. The summed E-state index contributed by atoms with van der Waals surface area (Å²) in [6, 6.07) is 11.5. The molecule has 6 heteroatoms. The predicted octanol–water partition coefficient (Wildman–Crippen LogP) is 2.90. The molecule has 0 saturated carbocycles. The van der Waals surface area contributed by atoms with Crippen molar-refractivity contribution in [2.24, 2.45) is 0 Å². The highest BCUT2D eigenvalue weighted by molar-refractivity contribution is 5.98. The summed E-state index contributed by atoms with van der Waals surface area (Å²) in [6.45, 7) is 4.85. The van der Waals surface area contributed by atoms with Crippen LogP contribution in [0.3, 0.4) is 0 Å². The Balaban J connectivity index is 1.77. The van der Waals surface area contributed by atoms with Crippen molar-refractivity contribution >= 4 is 11.9 Å². The minimum absolute atomic E-state index is 0.268. The summed E-state index contributed by atoms with van der Waals surface area (Å²) in [5, 5.41) is 2.87. The maximum absolute atomic E-state index is 12.7. The van der Waals surface area contributed by atoms with Gasteiger partial charge in [-0.15, -0.1) is 0 Å². The van der Waals surface area contributed by atoms with Gasteiger partial charge in [-0.05, 0) is 32.0 Å². The Kier molecular flexibility index (Phi) is 5.86. The van der Waals surface area contributed by atoms with Crippen LogP contribution in [0.4, 0.5) is 0 Å². The zero-order valence-corrected chi connectivity index (χ0v) is 15.7. The summed E-state index contributed by atoms with van der Waals surface area (Å²) < 4.78 is 10.5. The molecule has 1 saturated heterocycles. The number of nitrogens with one attached hydrogen (secondary N) is 1. The number of esters is 1. The van der Waals surface area contributed by atoms with Gasteiger partial charge in [0.25, 0.3) is 5.91 Å². The second-order valence-corrected chi connectivity index (χ2v) is 6.67. The number of hydrogen-bond acceptors (Lipinski definition) is 5. The van der Waals surface area contributed by atoms with Gasteiger partial charge < -0.3 is 14.8 Å². The van der Waals surface area contributed by atoms with Gasteiger partial charge in [-0.25, -0.2) is 4.79 Å². The molecule has 27 heavy (non-hydrogen) atoms. The van der Waals surface area contributed by atoms with E-state index in [9.17, 15) is 9.59 Å². The van der Waals surface area contributed by atoms with E-state index >= 15 is 0 Å². The first-order chi connectivity index (χ1) is 13.0.